The number of Topliss-reactive ketones (excluding diaryl/α,β-unsaturated/α-hetero) is 2. The van der Waals surface area contributed by atoms with Gasteiger partial charge in [0.15, 0.2) is 0 Å². The molecule has 152 valence electrons. The Morgan fingerprint density at radius 3 is 1.89 bits per heavy atom. The zero-order valence-electron chi connectivity index (χ0n) is 15.5. The molecule has 2 unspecified atom stereocenters. The number of amides is 4. The van der Waals surface area contributed by atoms with E-state index in [0.717, 1.165) is 0 Å². The number of hydrogen-bond donors (Lipinski definition) is 5. The first-order valence-corrected chi connectivity index (χ1v) is 8.40. The van der Waals surface area contributed by atoms with Crippen LogP contribution in [-0.4, -0.2) is 60.4 Å². The van der Waals surface area contributed by atoms with Crippen molar-refractivity contribution in [3.8, 4) is 0 Å². The summed E-state index contributed by atoms with van der Waals surface area (Å²) in [7, 11) is 0. The maximum Gasteiger partial charge on any atom is 0.242 e. The van der Waals surface area contributed by atoms with Crippen LogP contribution in [0, 0.1) is 0 Å². The number of nitrogens with two attached hydrogens (primary N) is 2. The molecule has 0 saturated carbocycles. The van der Waals surface area contributed by atoms with Gasteiger partial charge in [-0.15, -0.1) is 0 Å². The maximum absolute atomic E-state index is 12.2. The number of rotatable bonds is 13. The van der Waals surface area contributed by atoms with Gasteiger partial charge >= 0.3 is 0 Å². The summed E-state index contributed by atoms with van der Waals surface area (Å²) in [6.45, 7) is 2.23. The Morgan fingerprint density at radius 1 is 0.815 bits per heavy atom. The number of nitrogens with one attached hydrogen (secondary N) is 3. The van der Waals surface area contributed by atoms with Crippen molar-refractivity contribution >= 4 is 35.2 Å². The number of ketones is 2. The Morgan fingerprint density at radius 2 is 1.37 bits per heavy atom. The molecule has 0 aliphatic heterocycles. The van der Waals surface area contributed by atoms with E-state index in [1.807, 2.05) is 0 Å². The summed E-state index contributed by atoms with van der Waals surface area (Å²) in [5.41, 5.74) is 10.6. The number of hydrogen-bond acceptors (Lipinski definition) is 7. The summed E-state index contributed by atoms with van der Waals surface area (Å²) in [4.78, 5) is 68.6. The van der Waals surface area contributed by atoms with Crippen LogP contribution in [-0.2, 0) is 28.8 Å². The maximum atomic E-state index is 12.2. The molecular weight excluding hydrogens is 358 g/mol. The van der Waals surface area contributed by atoms with Gasteiger partial charge in [0.25, 0.3) is 0 Å². The van der Waals surface area contributed by atoms with Crippen molar-refractivity contribution in [2.24, 2.45) is 11.5 Å². The number of primary amides is 1. The first-order valence-electron chi connectivity index (χ1n) is 8.40. The van der Waals surface area contributed by atoms with E-state index in [4.69, 9.17) is 11.5 Å². The van der Waals surface area contributed by atoms with E-state index < -0.39 is 35.7 Å². The number of carbonyl (C=O) groups excluding carboxylic acids is 6. The van der Waals surface area contributed by atoms with Gasteiger partial charge < -0.3 is 27.4 Å². The molecule has 0 aliphatic rings. The normalized spacial score (nSPS) is 12.4. The van der Waals surface area contributed by atoms with Crippen LogP contribution in [0.25, 0.3) is 0 Å². The minimum absolute atomic E-state index is 0.00203. The minimum atomic E-state index is -1.11. The quantitative estimate of drug-likeness (QED) is 0.227. The summed E-state index contributed by atoms with van der Waals surface area (Å²) in [5.74, 6) is -2.94. The molecule has 11 heteroatoms. The molecule has 0 radical (unpaired) electrons. The average molecular weight is 385 g/mol. The van der Waals surface area contributed by atoms with Crippen molar-refractivity contribution in [1.29, 1.82) is 0 Å². The van der Waals surface area contributed by atoms with Crippen molar-refractivity contribution in [2.75, 3.05) is 13.1 Å². The van der Waals surface area contributed by atoms with Gasteiger partial charge in [0, 0.05) is 12.8 Å². The molecule has 0 rings (SSSR count). The van der Waals surface area contributed by atoms with Crippen molar-refractivity contribution in [3.63, 3.8) is 0 Å². The van der Waals surface area contributed by atoms with Crippen molar-refractivity contribution < 1.29 is 28.8 Å². The van der Waals surface area contributed by atoms with Crippen molar-refractivity contribution in [1.82, 2.24) is 16.0 Å². The SMILES string of the molecule is CC(=O)CNC(=O)CCC(NC(=O)C(N)CCC(N)=O)C(=O)NCC(C)=O. The molecule has 0 aromatic carbocycles. The third-order valence-electron chi connectivity index (χ3n) is 3.38. The summed E-state index contributed by atoms with van der Waals surface area (Å²) in [5, 5.41) is 7.12. The molecule has 0 fully saturated rings. The van der Waals surface area contributed by atoms with E-state index in [1.165, 1.54) is 13.8 Å². The van der Waals surface area contributed by atoms with Crippen molar-refractivity contribution in [3.05, 3.63) is 0 Å². The van der Waals surface area contributed by atoms with Crippen LogP contribution < -0.4 is 27.4 Å². The molecule has 11 nitrogen and oxygen atoms in total. The fourth-order valence-corrected chi connectivity index (χ4v) is 1.90. The minimum Gasteiger partial charge on any atom is -0.370 e. The van der Waals surface area contributed by atoms with Crippen LogP contribution in [0.1, 0.15) is 39.5 Å². The highest BCUT2D eigenvalue weighted by atomic mass is 16.2. The molecule has 2 atom stereocenters. The third kappa shape index (κ3) is 12.2. The summed E-state index contributed by atoms with van der Waals surface area (Å²) < 4.78 is 0. The monoisotopic (exact) mass is 385 g/mol. The Hall–Kier alpha value is -2.82. The second kappa shape index (κ2) is 12.5. The summed E-state index contributed by atoms with van der Waals surface area (Å²) in [6, 6.07) is -2.17. The van der Waals surface area contributed by atoms with Crippen LogP contribution in [0.4, 0.5) is 0 Å². The predicted molar refractivity (Wildman–Crippen MR) is 94.9 cm³/mol. The van der Waals surface area contributed by atoms with Gasteiger partial charge in [-0.1, -0.05) is 0 Å². The molecule has 0 spiro atoms. The van der Waals surface area contributed by atoms with Gasteiger partial charge in [-0.2, -0.15) is 0 Å². The molecule has 27 heavy (non-hydrogen) atoms. The molecule has 0 aromatic heterocycles. The highest BCUT2D eigenvalue weighted by Gasteiger charge is 2.24. The third-order valence-corrected chi connectivity index (χ3v) is 3.38. The van der Waals surface area contributed by atoms with Gasteiger partial charge in [0.1, 0.15) is 17.6 Å². The Labute approximate surface area is 157 Å². The average Bonchev–Trinajstić information content (AvgIpc) is 2.58. The smallest absolute Gasteiger partial charge is 0.242 e. The molecule has 0 aliphatic carbocycles. The van der Waals surface area contributed by atoms with Crippen LogP contribution >= 0.6 is 0 Å². The van der Waals surface area contributed by atoms with E-state index in [2.05, 4.69) is 16.0 Å². The summed E-state index contributed by atoms with van der Waals surface area (Å²) >= 11 is 0. The first kappa shape index (κ1) is 24.2. The largest absolute Gasteiger partial charge is 0.370 e. The highest BCUT2D eigenvalue weighted by molar-refractivity contribution is 5.92. The summed E-state index contributed by atoms with van der Waals surface area (Å²) in [6.07, 6.45) is -0.296. The molecule has 0 bridgehead atoms. The Kier molecular flexibility index (Phi) is 11.2. The van der Waals surface area contributed by atoms with Crippen LogP contribution in [0.15, 0.2) is 0 Å². The van der Waals surface area contributed by atoms with Crippen LogP contribution in [0.3, 0.4) is 0 Å². The van der Waals surface area contributed by atoms with Gasteiger partial charge in [0.05, 0.1) is 19.1 Å². The zero-order chi connectivity index (χ0) is 21.0. The second-order valence-corrected chi connectivity index (χ2v) is 6.11. The molecule has 0 saturated heterocycles. The fraction of sp³-hybridized carbons (Fsp3) is 0.625. The lowest BCUT2D eigenvalue weighted by Crippen LogP contribution is -2.52. The molecule has 0 aromatic rings. The van der Waals surface area contributed by atoms with E-state index in [-0.39, 0.29) is 50.3 Å². The fourth-order valence-electron chi connectivity index (χ4n) is 1.90. The highest BCUT2D eigenvalue weighted by Crippen LogP contribution is 2.01. The van der Waals surface area contributed by atoms with Crippen molar-refractivity contribution in [2.45, 2.75) is 51.6 Å². The number of carbonyl (C=O) groups is 6. The lowest BCUT2D eigenvalue weighted by molar-refractivity contribution is -0.131. The van der Waals surface area contributed by atoms with Gasteiger partial charge in [-0.3, -0.25) is 28.8 Å². The van der Waals surface area contributed by atoms with Crippen LogP contribution in [0.2, 0.25) is 0 Å². The lowest BCUT2D eigenvalue weighted by Gasteiger charge is -2.20. The first-order chi connectivity index (χ1) is 12.5. The van der Waals surface area contributed by atoms with E-state index >= 15 is 0 Å². The van der Waals surface area contributed by atoms with Gasteiger partial charge in [-0.25, -0.2) is 0 Å². The van der Waals surface area contributed by atoms with Crippen LogP contribution in [0.5, 0.6) is 0 Å². The topological polar surface area (TPSA) is 191 Å². The standard InChI is InChI=1S/C16H27N5O6/c1-9(22)7-19-14(25)6-4-12(16(27)20-8-10(2)23)21-15(26)11(17)3-5-13(18)24/h11-12H,3-8,17H2,1-2H3,(H2,18,24)(H,19,25)(H,20,27)(H,21,26). The van der Waals surface area contributed by atoms with E-state index in [1.54, 1.807) is 0 Å². The zero-order valence-corrected chi connectivity index (χ0v) is 15.5. The van der Waals surface area contributed by atoms with E-state index in [9.17, 15) is 28.8 Å². The second-order valence-electron chi connectivity index (χ2n) is 6.11. The molecule has 0 heterocycles. The molecular formula is C16H27N5O6. The lowest BCUT2D eigenvalue weighted by atomic mass is 10.1. The van der Waals surface area contributed by atoms with Gasteiger partial charge in [-0.05, 0) is 26.7 Å². The van der Waals surface area contributed by atoms with E-state index in [0.29, 0.717) is 0 Å². The Balaban J connectivity index is 4.81. The Bertz CT molecular complexity index is 592. The van der Waals surface area contributed by atoms with Gasteiger partial charge in [0.2, 0.25) is 23.6 Å². The molecule has 4 amide bonds. The molecule has 7 N–H and O–H groups in total. The predicted octanol–water partition coefficient (Wildman–Crippen LogP) is -2.75.